The van der Waals surface area contributed by atoms with E-state index in [0.29, 0.717) is 17.2 Å². The van der Waals surface area contributed by atoms with Crippen molar-refractivity contribution >= 4 is 11.7 Å². The van der Waals surface area contributed by atoms with Crippen LogP contribution in [0.15, 0.2) is 54.6 Å². The van der Waals surface area contributed by atoms with Gasteiger partial charge in [-0.3, -0.25) is 4.90 Å². The minimum atomic E-state index is -0.137. The van der Waals surface area contributed by atoms with E-state index in [4.69, 9.17) is 5.26 Å². The Kier molecular flexibility index (Phi) is 5.88. The predicted octanol–water partition coefficient (Wildman–Crippen LogP) is 3.54. The van der Waals surface area contributed by atoms with Gasteiger partial charge in [0.1, 0.15) is 0 Å². The van der Waals surface area contributed by atoms with Crippen molar-refractivity contribution in [3.63, 3.8) is 0 Å². The maximum atomic E-state index is 12.4. The van der Waals surface area contributed by atoms with Crippen LogP contribution >= 0.6 is 0 Å². The third-order valence-corrected chi connectivity index (χ3v) is 4.74. The zero-order valence-electron chi connectivity index (χ0n) is 15.1. The number of benzene rings is 2. The van der Waals surface area contributed by atoms with Crippen molar-refractivity contribution in [3.05, 3.63) is 65.7 Å². The summed E-state index contributed by atoms with van der Waals surface area (Å²) in [6, 6.07) is 19.4. The van der Waals surface area contributed by atoms with Crippen LogP contribution in [0.1, 0.15) is 17.5 Å². The molecule has 1 aliphatic rings. The van der Waals surface area contributed by atoms with Gasteiger partial charge in [0.15, 0.2) is 0 Å². The molecule has 2 amide bonds. The molecule has 0 spiro atoms. The van der Waals surface area contributed by atoms with Gasteiger partial charge in [-0.05, 0) is 42.6 Å². The summed E-state index contributed by atoms with van der Waals surface area (Å²) < 4.78 is 0. The highest BCUT2D eigenvalue weighted by Gasteiger charge is 2.25. The summed E-state index contributed by atoms with van der Waals surface area (Å²) in [6.07, 6.45) is 1.11. The van der Waals surface area contributed by atoms with Crippen molar-refractivity contribution < 1.29 is 4.79 Å². The van der Waals surface area contributed by atoms with E-state index in [1.165, 1.54) is 5.56 Å². The van der Waals surface area contributed by atoms with E-state index in [0.717, 1.165) is 32.6 Å². The molecule has 0 aliphatic carbocycles. The van der Waals surface area contributed by atoms with E-state index in [1.54, 1.807) is 29.2 Å². The Morgan fingerprint density at radius 1 is 1.27 bits per heavy atom. The Morgan fingerprint density at radius 2 is 2.08 bits per heavy atom. The van der Waals surface area contributed by atoms with Gasteiger partial charge in [-0.15, -0.1) is 0 Å². The van der Waals surface area contributed by atoms with Crippen molar-refractivity contribution in [1.82, 2.24) is 9.80 Å². The molecular weight excluding hydrogens is 324 g/mol. The Bertz CT molecular complexity index is 784. The monoisotopic (exact) mass is 348 g/mol. The number of nitrogens with zero attached hydrogens (tertiary/aromatic N) is 3. The van der Waals surface area contributed by atoms with Crippen molar-refractivity contribution in [2.75, 3.05) is 32.0 Å². The third-order valence-electron chi connectivity index (χ3n) is 4.74. The third kappa shape index (κ3) is 4.84. The van der Waals surface area contributed by atoms with Crippen molar-refractivity contribution in [2.24, 2.45) is 5.92 Å². The van der Waals surface area contributed by atoms with Crippen LogP contribution in [-0.2, 0) is 6.54 Å². The highest BCUT2D eigenvalue weighted by atomic mass is 16.2. The summed E-state index contributed by atoms with van der Waals surface area (Å²) in [7, 11) is 1.82. The molecule has 0 saturated carbocycles. The largest absolute Gasteiger partial charge is 0.327 e. The van der Waals surface area contributed by atoms with E-state index < -0.39 is 0 Å². The normalized spacial score (nSPS) is 16.8. The van der Waals surface area contributed by atoms with E-state index in [1.807, 2.05) is 13.1 Å². The molecule has 1 fully saturated rings. The lowest BCUT2D eigenvalue weighted by Gasteiger charge is -2.22. The van der Waals surface area contributed by atoms with Crippen LogP contribution in [0.5, 0.6) is 0 Å². The average molecular weight is 348 g/mol. The highest BCUT2D eigenvalue weighted by molar-refractivity contribution is 5.89. The topological polar surface area (TPSA) is 59.4 Å². The quantitative estimate of drug-likeness (QED) is 0.899. The molecule has 2 aromatic carbocycles. The lowest BCUT2D eigenvalue weighted by atomic mass is 10.1. The molecule has 5 heteroatoms. The Labute approximate surface area is 154 Å². The smallest absolute Gasteiger partial charge is 0.321 e. The van der Waals surface area contributed by atoms with Gasteiger partial charge in [0.05, 0.1) is 11.6 Å². The van der Waals surface area contributed by atoms with E-state index >= 15 is 0 Å². The van der Waals surface area contributed by atoms with Crippen molar-refractivity contribution in [3.8, 4) is 6.07 Å². The van der Waals surface area contributed by atoms with Crippen LogP contribution in [0.3, 0.4) is 0 Å². The Hall–Kier alpha value is -2.84. The summed E-state index contributed by atoms with van der Waals surface area (Å²) in [5.74, 6) is 0.486. The maximum Gasteiger partial charge on any atom is 0.321 e. The standard InChI is InChI=1S/C21H24N4O/c1-24(21(26)23-20-9-5-8-18(12-20)13-22)14-19-10-11-25(16-19)15-17-6-3-2-4-7-17/h2-9,12,19H,10-11,14-16H2,1H3,(H,23,26)/t19-/m1/s1. The zero-order valence-corrected chi connectivity index (χ0v) is 15.1. The second-order valence-electron chi connectivity index (χ2n) is 6.88. The molecule has 2 aromatic rings. The van der Waals surface area contributed by atoms with Gasteiger partial charge >= 0.3 is 6.03 Å². The number of nitriles is 1. The van der Waals surface area contributed by atoms with Crippen LogP contribution in [0.2, 0.25) is 0 Å². The second kappa shape index (κ2) is 8.50. The number of carbonyl (C=O) groups excluding carboxylic acids is 1. The summed E-state index contributed by atoms with van der Waals surface area (Å²) >= 11 is 0. The number of hydrogen-bond donors (Lipinski definition) is 1. The first-order valence-electron chi connectivity index (χ1n) is 8.92. The first-order valence-corrected chi connectivity index (χ1v) is 8.92. The first kappa shape index (κ1) is 18.0. The molecule has 134 valence electrons. The van der Waals surface area contributed by atoms with E-state index in [9.17, 15) is 4.79 Å². The molecule has 0 bridgehead atoms. The average Bonchev–Trinajstić information content (AvgIpc) is 3.09. The zero-order chi connectivity index (χ0) is 18.4. The fourth-order valence-corrected chi connectivity index (χ4v) is 3.40. The summed E-state index contributed by atoms with van der Waals surface area (Å²) in [6.45, 7) is 3.78. The summed E-state index contributed by atoms with van der Waals surface area (Å²) in [5, 5.41) is 11.8. The molecule has 26 heavy (non-hydrogen) atoms. The summed E-state index contributed by atoms with van der Waals surface area (Å²) in [4.78, 5) is 16.6. The molecule has 0 radical (unpaired) electrons. The maximum absolute atomic E-state index is 12.4. The van der Waals surface area contributed by atoms with Crippen LogP contribution in [0, 0.1) is 17.2 Å². The number of likely N-dealkylation sites (tertiary alicyclic amines) is 1. The molecule has 3 rings (SSSR count). The molecule has 1 saturated heterocycles. The van der Waals surface area contributed by atoms with Crippen LogP contribution in [-0.4, -0.2) is 42.5 Å². The lowest BCUT2D eigenvalue weighted by Crippen LogP contribution is -2.36. The molecular formula is C21H24N4O. The van der Waals surface area contributed by atoms with Crippen molar-refractivity contribution in [2.45, 2.75) is 13.0 Å². The van der Waals surface area contributed by atoms with Crippen LogP contribution < -0.4 is 5.32 Å². The number of nitrogens with one attached hydrogen (secondary N) is 1. The second-order valence-corrected chi connectivity index (χ2v) is 6.88. The fraction of sp³-hybridized carbons (Fsp3) is 0.333. The van der Waals surface area contributed by atoms with Gasteiger partial charge in [-0.1, -0.05) is 36.4 Å². The number of rotatable bonds is 5. The van der Waals surface area contributed by atoms with Gasteiger partial charge in [-0.25, -0.2) is 4.79 Å². The van der Waals surface area contributed by atoms with Crippen molar-refractivity contribution in [1.29, 1.82) is 5.26 Å². The summed E-state index contributed by atoms with van der Waals surface area (Å²) in [5.41, 5.74) is 2.52. The first-order chi connectivity index (χ1) is 12.6. The number of anilines is 1. The van der Waals surface area contributed by atoms with E-state index in [2.05, 4.69) is 40.6 Å². The van der Waals surface area contributed by atoms with Crippen LogP contribution in [0.25, 0.3) is 0 Å². The molecule has 1 heterocycles. The molecule has 5 nitrogen and oxygen atoms in total. The lowest BCUT2D eigenvalue weighted by molar-refractivity contribution is 0.212. The Balaban J connectivity index is 1.48. The minimum Gasteiger partial charge on any atom is -0.327 e. The predicted molar refractivity (Wildman–Crippen MR) is 103 cm³/mol. The molecule has 1 atom stereocenters. The number of amides is 2. The number of urea groups is 1. The SMILES string of the molecule is CN(C[C@H]1CCN(Cc2ccccc2)C1)C(=O)Nc1cccc(C#N)c1. The molecule has 1 aliphatic heterocycles. The van der Waals surface area contributed by atoms with Gasteiger partial charge in [0.25, 0.3) is 0 Å². The van der Waals surface area contributed by atoms with Gasteiger partial charge < -0.3 is 10.2 Å². The van der Waals surface area contributed by atoms with Gasteiger partial charge in [0, 0.05) is 32.4 Å². The Morgan fingerprint density at radius 3 is 2.85 bits per heavy atom. The number of carbonyl (C=O) groups is 1. The molecule has 0 aromatic heterocycles. The van der Waals surface area contributed by atoms with Crippen LogP contribution in [0.4, 0.5) is 10.5 Å². The minimum absolute atomic E-state index is 0.137. The molecule has 0 unspecified atom stereocenters. The highest BCUT2D eigenvalue weighted by Crippen LogP contribution is 2.20. The van der Waals surface area contributed by atoms with Gasteiger partial charge in [0.2, 0.25) is 0 Å². The van der Waals surface area contributed by atoms with E-state index in [-0.39, 0.29) is 6.03 Å². The number of hydrogen-bond acceptors (Lipinski definition) is 3. The fourth-order valence-electron chi connectivity index (χ4n) is 3.40. The van der Waals surface area contributed by atoms with Gasteiger partial charge in [-0.2, -0.15) is 5.26 Å². The molecule has 1 N–H and O–H groups in total.